The molecule has 38 heavy (non-hydrogen) atoms. The molecule has 0 atom stereocenters. The van der Waals surface area contributed by atoms with Crippen molar-refractivity contribution in [2.75, 3.05) is 44.5 Å². The van der Waals surface area contributed by atoms with Crippen LogP contribution in [0.1, 0.15) is 35.2 Å². The van der Waals surface area contributed by atoms with Gasteiger partial charge in [0, 0.05) is 31.9 Å². The summed E-state index contributed by atoms with van der Waals surface area (Å²) in [5.41, 5.74) is 2.39. The number of carbonyl (C=O) groups is 2. The second-order valence-electron chi connectivity index (χ2n) is 10.5. The van der Waals surface area contributed by atoms with E-state index in [-0.39, 0.29) is 11.8 Å². The molecule has 3 aliphatic heterocycles. The summed E-state index contributed by atoms with van der Waals surface area (Å²) in [4.78, 5) is 35.3. The van der Waals surface area contributed by atoms with E-state index in [0.717, 1.165) is 50.1 Å². The maximum absolute atomic E-state index is 13.9. The van der Waals surface area contributed by atoms with Gasteiger partial charge in [0.15, 0.2) is 6.73 Å². The van der Waals surface area contributed by atoms with E-state index in [1.807, 2.05) is 65.6 Å². The molecule has 3 aliphatic rings. The lowest BCUT2D eigenvalue weighted by Crippen LogP contribution is -2.56. The van der Waals surface area contributed by atoms with Crippen molar-refractivity contribution in [1.82, 2.24) is 14.7 Å². The van der Waals surface area contributed by atoms with E-state index in [9.17, 15) is 9.59 Å². The summed E-state index contributed by atoms with van der Waals surface area (Å²) in [6, 6.07) is 28.0. The van der Waals surface area contributed by atoms with Crippen molar-refractivity contribution in [2.24, 2.45) is 0 Å². The fourth-order valence-electron chi connectivity index (χ4n) is 6.07. The number of anilines is 1. The molecule has 7 nitrogen and oxygen atoms in total. The zero-order chi connectivity index (χ0) is 26.0. The van der Waals surface area contributed by atoms with Gasteiger partial charge in [-0.3, -0.25) is 9.59 Å². The van der Waals surface area contributed by atoms with Crippen molar-refractivity contribution >= 4 is 17.5 Å². The Kier molecular flexibility index (Phi) is 6.77. The quantitative estimate of drug-likeness (QED) is 0.477. The van der Waals surface area contributed by atoms with Gasteiger partial charge in [-0.1, -0.05) is 60.7 Å². The van der Waals surface area contributed by atoms with Gasteiger partial charge in [0.1, 0.15) is 11.3 Å². The minimum atomic E-state index is -0.507. The fraction of sp³-hybridized carbons (Fsp3) is 0.355. The predicted octanol–water partition coefficient (Wildman–Crippen LogP) is 4.21. The minimum absolute atomic E-state index is 0.0398. The highest BCUT2D eigenvalue weighted by atomic mass is 16.5. The van der Waals surface area contributed by atoms with Crippen LogP contribution in [0.5, 0.6) is 5.75 Å². The molecule has 3 aromatic rings. The Hall–Kier alpha value is -3.84. The number of rotatable bonds is 7. The maximum Gasteiger partial charge on any atom is 0.260 e. The van der Waals surface area contributed by atoms with Gasteiger partial charge in [0.05, 0.1) is 12.2 Å². The molecule has 1 spiro atoms. The molecule has 0 radical (unpaired) electrons. The SMILES string of the molecule is O=C1c2ccccc2OCN1CCCN1CCC2(CC1)C(=O)N(Cc1ccccc1)CN2c1ccccc1. The largest absolute Gasteiger partial charge is 0.472 e. The first-order chi connectivity index (χ1) is 18.6. The number of piperidine rings is 1. The molecule has 2 fully saturated rings. The topological polar surface area (TPSA) is 56.3 Å². The highest BCUT2D eigenvalue weighted by Gasteiger charge is 2.53. The van der Waals surface area contributed by atoms with Gasteiger partial charge in [-0.2, -0.15) is 0 Å². The van der Waals surface area contributed by atoms with Crippen molar-refractivity contribution in [3.63, 3.8) is 0 Å². The van der Waals surface area contributed by atoms with Crippen molar-refractivity contribution < 1.29 is 14.3 Å². The van der Waals surface area contributed by atoms with Crippen LogP contribution in [-0.4, -0.2) is 71.6 Å². The first-order valence-corrected chi connectivity index (χ1v) is 13.5. The lowest BCUT2D eigenvalue weighted by molar-refractivity contribution is -0.134. The van der Waals surface area contributed by atoms with Crippen LogP contribution in [0.25, 0.3) is 0 Å². The number of likely N-dealkylation sites (tertiary alicyclic amines) is 1. The maximum atomic E-state index is 13.9. The van der Waals surface area contributed by atoms with Crippen LogP contribution in [0.15, 0.2) is 84.9 Å². The molecule has 0 aromatic heterocycles. The number of hydrogen-bond acceptors (Lipinski definition) is 5. The standard InChI is InChI=1S/C31H34N4O3/c36-29-27-14-7-8-15-28(27)38-24-33(29)19-9-18-32-20-16-31(17-21-32)30(37)34(22-25-10-3-1-4-11-25)23-35(31)26-12-5-2-6-13-26/h1-8,10-15H,9,16-24H2. The van der Waals surface area contributed by atoms with E-state index in [1.54, 1.807) is 4.90 Å². The summed E-state index contributed by atoms with van der Waals surface area (Å²) in [5.74, 6) is 0.943. The van der Waals surface area contributed by atoms with Crippen molar-refractivity contribution in [3.8, 4) is 5.75 Å². The highest BCUT2D eigenvalue weighted by molar-refractivity contribution is 5.97. The zero-order valence-electron chi connectivity index (χ0n) is 21.7. The van der Waals surface area contributed by atoms with Gasteiger partial charge in [-0.15, -0.1) is 0 Å². The molecule has 0 N–H and O–H groups in total. The molecule has 3 heterocycles. The number of hydrogen-bond donors (Lipinski definition) is 0. The fourth-order valence-corrected chi connectivity index (χ4v) is 6.07. The summed E-state index contributed by atoms with van der Waals surface area (Å²) in [5, 5.41) is 0. The highest BCUT2D eigenvalue weighted by Crippen LogP contribution is 2.40. The summed E-state index contributed by atoms with van der Waals surface area (Å²) >= 11 is 0. The molecule has 2 saturated heterocycles. The molecular weight excluding hydrogens is 476 g/mol. The van der Waals surface area contributed by atoms with Gasteiger partial charge in [-0.05, 0) is 55.6 Å². The third-order valence-corrected chi connectivity index (χ3v) is 8.16. The van der Waals surface area contributed by atoms with Crippen molar-refractivity contribution in [3.05, 3.63) is 96.1 Å². The van der Waals surface area contributed by atoms with Gasteiger partial charge >= 0.3 is 0 Å². The van der Waals surface area contributed by atoms with Crippen molar-refractivity contribution in [1.29, 1.82) is 0 Å². The van der Waals surface area contributed by atoms with Crippen LogP contribution in [0, 0.1) is 0 Å². The van der Waals surface area contributed by atoms with E-state index in [0.29, 0.717) is 37.8 Å². The van der Waals surface area contributed by atoms with E-state index >= 15 is 0 Å². The Morgan fingerprint density at radius 3 is 2.21 bits per heavy atom. The van der Waals surface area contributed by atoms with Crippen LogP contribution in [-0.2, 0) is 11.3 Å². The van der Waals surface area contributed by atoms with Gasteiger partial charge in [0.25, 0.3) is 5.91 Å². The lowest BCUT2D eigenvalue weighted by atomic mass is 9.85. The average molecular weight is 511 g/mol. The number of ether oxygens (including phenoxy) is 1. The van der Waals surface area contributed by atoms with E-state index in [4.69, 9.17) is 4.74 Å². The number of para-hydroxylation sites is 2. The second kappa shape index (κ2) is 10.5. The first-order valence-electron chi connectivity index (χ1n) is 13.5. The van der Waals surface area contributed by atoms with Crippen LogP contribution in [0.4, 0.5) is 5.69 Å². The van der Waals surface area contributed by atoms with Crippen LogP contribution < -0.4 is 9.64 Å². The average Bonchev–Trinajstić information content (AvgIpc) is 3.22. The molecule has 196 valence electrons. The second-order valence-corrected chi connectivity index (χ2v) is 10.5. The predicted molar refractivity (Wildman–Crippen MR) is 147 cm³/mol. The van der Waals surface area contributed by atoms with E-state index < -0.39 is 5.54 Å². The van der Waals surface area contributed by atoms with Gasteiger partial charge < -0.3 is 24.3 Å². The Balaban J connectivity index is 1.09. The van der Waals surface area contributed by atoms with E-state index in [2.05, 4.69) is 34.1 Å². The van der Waals surface area contributed by atoms with Crippen LogP contribution >= 0.6 is 0 Å². The summed E-state index contributed by atoms with van der Waals surface area (Å²) < 4.78 is 5.77. The van der Waals surface area contributed by atoms with Crippen molar-refractivity contribution in [2.45, 2.75) is 31.3 Å². The number of amides is 2. The molecule has 0 bridgehead atoms. The molecule has 0 aliphatic carbocycles. The molecule has 3 aromatic carbocycles. The molecule has 6 rings (SSSR count). The Morgan fingerprint density at radius 1 is 0.763 bits per heavy atom. The number of nitrogens with zero attached hydrogens (tertiary/aromatic N) is 4. The van der Waals surface area contributed by atoms with Crippen LogP contribution in [0.3, 0.4) is 0 Å². The number of benzene rings is 3. The van der Waals surface area contributed by atoms with E-state index in [1.165, 1.54) is 0 Å². The Bertz CT molecular complexity index is 1270. The van der Waals surface area contributed by atoms with Gasteiger partial charge in [0.2, 0.25) is 5.91 Å². The molecule has 2 amide bonds. The van der Waals surface area contributed by atoms with Crippen LogP contribution in [0.2, 0.25) is 0 Å². The Morgan fingerprint density at radius 2 is 1.45 bits per heavy atom. The smallest absolute Gasteiger partial charge is 0.260 e. The lowest BCUT2D eigenvalue weighted by Gasteiger charge is -2.43. The summed E-state index contributed by atoms with van der Waals surface area (Å²) in [6.07, 6.45) is 2.47. The Labute approximate surface area is 224 Å². The summed E-state index contributed by atoms with van der Waals surface area (Å²) in [6.45, 7) is 4.82. The molecular formula is C31H34N4O3. The number of fused-ring (bicyclic) bond motifs is 1. The summed E-state index contributed by atoms with van der Waals surface area (Å²) in [7, 11) is 0. The van der Waals surface area contributed by atoms with Gasteiger partial charge in [-0.25, -0.2) is 0 Å². The number of carbonyl (C=O) groups excluding carboxylic acids is 2. The molecule has 7 heteroatoms. The minimum Gasteiger partial charge on any atom is -0.472 e. The third-order valence-electron chi connectivity index (χ3n) is 8.16. The normalized spacial score (nSPS) is 19.1. The molecule has 0 unspecified atom stereocenters. The monoisotopic (exact) mass is 510 g/mol. The molecule has 0 saturated carbocycles. The first kappa shape index (κ1) is 24.5. The third kappa shape index (κ3) is 4.63. The zero-order valence-corrected chi connectivity index (χ0v) is 21.7.